The van der Waals surface area contributed by atoms with Crippen molar-refractivity contribution in [3.05, 3.63) is 64.6 Å². The summed E-state index contributed by atoms with van der Waals surface area (Å²) in [7, 11) is -3.74. The van der Waals surface area contributed by atoms with Gasteiger partial charge < -0.3 is 4.90 Å². The van der Waals surface area contributed by atoms with Crippen molar-refractivity contribution in [1.82, 2.24) is 18.3 Å². The summed E-state index contributed by atoms with van der Waals surface area (Å²) in [5.41, 5.74) is 2.33. The first-order chi connectivity index (χ1) is 16.8. The highest BCUT2D eigenvalue weighted by Crippen LogP contribution is 2.31. The predicted molar refractivity (Wildman–Crippen MR) is 135 cm³/mol. The van der Waals surface area contributed by atoms with Gasteiger partial charge >= 0.3 is 5.69 Å². The van der Waals surface area contributed by atoms with E-state index in [0.717, 1.165) is 47.7 Å². The number of piperidine rings is 1. The van der Waals surface area contributed by atoms with Crippen LogP contribution in [0.4, 0.5) is 0 Å². The van der Waals surface area contributed by atoms with Crippen LogP contribution < -0.4 is 5.69 Å². The number of aryl methyl sites for hydroxylation is 1. The number of imidazole rings is 1. The third kappa shape index (κ3) is 4.00. The van der Waals surface area contributed by atoms with Crippen molar-refractivity contribution >= 4 is 27.0 Å². The highest BCUT2D eigenvalue weighted by Gasteiger charge is 2.40. The van der Waals surface area contributed by atoms with E-state index in [1.807, 2.05) is 40.3 Å². The lowest BCUT2D eigenvalue weighted by atomic mass is 10.0. The molecule has 1 atom stereocenters. The summed E-state index contributed by atoms with van der Waals surface area (Å²) < 4.78 is 30.3. The zero-order chi connectivity index (χ0) is 24.7. The number of aromatic nitrogens is 2. The molecule has 2 aromatic carbocycles. The first-order valence-corrected chi connectivity index (χ1v) is 13.9. The quantitative estimate of drug-likeness (QED) is 0.500. The molecule has 1 saturated heterocycles. The zero-order valence-corrected chi connectivity index (χ0v) is 21.1. The van der Waals surface area contributed by atoms with Crippen LogP contribution in [0.2, 0.25) is 0 Å². The maximum absolute atomic E-state index is 13.1. The fourth-order valence-corrected chi connectivity index (χ4v) is 7.25. The van der Waals surface area contributed by atoms with E-state index in [-0.39, 0.29) is 34.8 Å². The van der Waals surface area contributed by atoms with E-state index in [2.05, 4.69) is 11.8 Å². The number of amides is 1. The van der Waals surface area contributed by atoms with Crippen molar-refractivity contribution in [2.24, 2.45) is 0 Å². The highest BCUT2D eigenvalue weighted by molar-refractivity contribution is 7.90. The van der Waals surface area contributed by atoms with E-state index in [1.165, 1.54) is 6.07 Å². The molecule has 0 aliphatic carbocycles. The number of carbonyl (C=O) groups is 1. The summed E-state index contributed by atoms with van der Waals surface area (Å²) in [4.78, 5) is 28.2. The van der Waals surface area contributed by atoms with Crippen LogP contribution >= 0.6 is 0 Å². The van der Waals surface area contributed by atoms with Gasteiger partial charge in [0.05, 0.1) is 16.6 Å². The summed E-state index contributed by atoms with van der Waals surface area (Å²) in [6, 6.07) is 14.9. The SMILES string of the molecule is CCn1c(=O)n(C2CCN(C(C)CCCN3C(=O)c4ccccc4S3(=O)=O)CC2)c2ccccc21. The number of likely N-dealkylation sites (tertiary alicyclic amines) is 1. The number of benzene rings is 2. The summed E-state index contributed by atoms with van der Waals surface area (Å²) in [6.45, 7) is 6.78. The number of fused-ring (bicyclic) bond motifs is 2. The molecule has 186 valence electrons. The van der Waals surface area contributed by atoms with E-state index in [0.29, 0.717) is 13.0 Å². The van der Waals surface area contributed by atoms with Crippen LogP contribution in [-0.4, -0.2) is 58.3 Å². The van der Waals surface area contributed by atoms with Gasteiger partial charge in [0, 0.05) is 38.3 Å². The van der Waals surface area contributed by atoms with Gasteiger partial charge in [0.1, 0.15) is 4.90 Å². The molecular formula is C26H32N4O4S. The topological polar surface area (TPSA) is 84.6 Å². The first-order valence-electron chi connectivity index (χ1n) is 12.4. The predicted octanol–water partition coefficient (Wildman–Crippen LogP) is 3.47. The Balaban J connectivity index is 1.19. The lowest BCUT2D eigenvalue weighted by Gasteiger charge is -2.36. The van der Waals surface area contributed by atoms with E-state index in [9.17, 15) is 18.0 Å². The number of rotatable bonds is 7. The Morgan fingerprint density at radius 2 is 1.63 bits per heavy atom. The van der Waals surface area contributed by atoms with Crippen molar-refractivity contribution in [1.29, 1.82) is 0 Å². The second-order valence-electron chi connectivity index (χ2n) is 9.52. The van der Waals surface area contributed by atoms with Crippen molar-refractivity contribution in [3.8, 4) is 0 Å². The molecule has 9 heteroatoms. The Morgan fingerprint density at radius 3 is 2.31 bits per heavy atom. The molecule has 0 spiro atoms. The van der Waals surface area contributed by atoms with Crippen LogP contribution in [0.5, 0.6) is 0 Å². The summed E-state index contributed by atoms with van der Waals surface area (Å²) >= 11 is 0. The van der Waals surface area contributed by atoms with Crippen LogP contribution in [0, 0.1) is 0 Å². The third-order valence-electron chi connectivity index (χ3n) is 7.57. The smallest absolute Gasteiger partial charge is 0.301 e. The zero-order valence-electron chi connectivity index (χ0n) is 20.3. The average Bonchev–Trinajstić information content (AvgIpc) is 3.26. The van der Waals surface area contributed by atoms with Gasteiger partial charge in [0.15, 0.2) is 0 Å². The van der Waals surface area contributed by atoms with Gasteiger partial charge in [0.25, 0.3) is 15.9 Å². The molecule has 1 amide bonds. The first kappa shape index (κ1) is 23.8. The molecule has 2 aliphatic rings. The number of para-hydroxylation sites is 2. The van der Waals surface area contributed by atoms with Crippen LogP contribution in [-0.2, 0) is 16.6 Å². The molecule has 0 N–H and O–H groups in total. The lowest BCUT2D eigenvalue weighted by Crippen LogP contribution is -2.42. The molecule has 3 aromatic rings. The maximum atomic E-state index is 13.1. The molecule has 3 heterocycles. The van der Waals surface area contributed by atoms with Crippen LogP contribution in [0.1, 0.15) is 55.9 Å². The fourth-order valence-electron chi connectivity index (χ4n) is 5.64. The minimum absolute atomic E-state index is 0.0673. The molecule has 5 rings (SSSR count). The number of hydrogen-bond acceptors (Lipinski definition) is 5. The Labute approximate surface area is 205 Å². The monoisotopic (exact) mass is 496 g/mol. The second kappa shape index (κ2) is 9.28. The molecule has 35 heavy (non-hydrogen) atoms. The lowest BCUT2D eigenvalue weighted by molar-refractivity contribution is 0.0863. The van der Waals surface area contributed by atoms with E-state index >= 15 is 0 Å². The number of carbonyl (C=O) groups excluding carboxylic acids is 1. The Hall–Kier alpha value is -2.91. The van der Waals surface area contributed by atoms with E-state index < -0.39 is 15.9 Å². The third-order valence-corrected chi connectivity index (χ3v) is 9.41. The normalized spacial score (nSPS) is 19.4. The van der Waals surface area contributed by atoms with Crippen molar-refractivity contribution in [3.63, 3.8) is 0 Å². The summed E-state index contributed by atoms with van der Waals surface area (Å²) in [5.74, 6) is -0.425. The number of sulfonamides is 1. The molecule has 0 bridgehead atoms. The fraction of sp³-hybridized carbons (Fsp3) is 0.462. The van der Waals surface area contributed by atoms with Crippen LogP contribution in [0.3, 0.4) is 0 Å². The van der Waals surface area contributed by atoms with Crippen LogP contribution in [0.25, 0.3) is 11.0 Å². The second-order valence-corrected chi connectivity index (χ2v) is 11.4. The van der Waals surface area contributed by atoms with Gasteiger partial charge in [0.2, 0.25) is 0 Å². The van der Waals surface area contributed by atoms with Gasteiger partial charge in [-0.05, 0) is 63.8 Å². The summed E-state index contributed by atoms with van der Waals surface area (Å²) in [6.07, 6.45) is 3.21. The van der Waals surface area contributed by atoms with Gasteiger partial charge in [-0.1, -0.05) is 24.3 Å². The van der Waals surface area contributed by atoms with Crippen molar-refractivity contribution < 1.29 is 13.2 Å². The van der Waals surface area contributed by atoms with Gasteiger partial charge in [-0.25, -0.2) is 17.5 Å². The molecule has 1 fully saturated rings. The van der Waals surface area contributed by atoms with E-state index in [4.69, 9.17) is 0 Å². The molecule has 0 radical (unpaired) electrons. The maximum Gasteiger partial charge on any atom is 0.329 e. The Morgan fingerprint density at radius 1 is 0.971 bits per heavy atom. The minimum Gasteiger partial charge on any atom is -0.301 e. The number of nitrogens with zero attached hydrogens (tertiary/aromatic N) is 4. The Kier molecular flexibility index (Phi) is 6.31. The average molecular weight is 497 g/mol. The van der Waals surface area contributed by atoms with Gasteiger partial charge in [-0.2, -0.15) is 0 Å². The summed E-state index contributed by atoms with van der Waals surface area (Å²) in [5, 5.41) is 0. The van der Waals surface area contributed by atoms with Crippen molar-refractivity contribution in [2.45, 2.75) is 63.1 Å². The largest absolute Gasteiger partial charge is 0.329 e. The molecule has 1 aromatic heterocycles. The van der Waals surface area contributed by atoms with E-state index in [1.54, 1.807) is 18.2 Å². The van der Waals surface area contributed by atoms with Gasteiger partial charge in [-0.15, -0.1) is 0 Å². The standard InChI is InChI=1S/C26H32N4O4S/c1-3-28-22-11-5-6-12-23(22)30(26(28)32)20-14-17-27(18-15-20)19(2)9-8-16-29-25(31)21-10-4-7-13-24(21)35(29,33)34/h4-7,10-13,19-20H,3,8-9,14-18H2,1-2H3. The van der Waals surface area contributed by atoms with Gasteiger partial charge in [-0.3, -0.25) is 13.9 Å². The number of hydrogen-bond donors (Lipinski definition) is 0. The minimum atomic E-state index is -3.74. The molecule has 8 nitrogen and oxygen atoms in total. The Bertz CT molecular complexity index is 1420. The molecular weight excluding hydrogens is 464 g/mol. The highest BCUT2D eigenvalue weighted by atomic mass is 32.2. The molecule has 2 aliphatic heterocycles. The van der Waals surface area contributed by atoms with Crippen molar-refractivity contribution in [2.75, 3.05) is 19.6 Å². The molecule has 0 saturated carbocycles. The molecule has 1 unspecified atom stereocenters. The van der Waals surface area contributed by atoms with Crippen LogP contribution in [0.15, 0.2) is 58.2 Å².